The molecule has 0 aliphatic rings. The van der Waals surface area contributed by atoms with Gasteiger partial charge in [-0.15, -0.1) is 0 Å². The molecule has 9 amide bonds. The van der Waals surface area contributed by atoms with E-state index in [1.54, 1.807) is 42.7 Å². The van der Waals surface area contributed by atoms with Crippen LogP contribution in [0.15, 0.2) is 104 Å². The first-order valence-corrected chi connectivity index (χ1v) is 28.1. The van der Waals surface area contributed by atoms with E-state index in [-0.39, 0.29) is 45.1 Å². The summed E-state index contributed by atoms with van der Waals surface area (Å²) < 4.78 is 0. The van der Waals surface area contributed by atoms with Crippen LogP contribution in [0, 0.1) is 0 Å². The van der Waals surface area contributed by atoms with E-state index in [9.17, 15) is 43.2 Å². The Hall–Kier alpha value is -8.55. The Morgan fingerprint density at radius 1 is 0.519 bits per heavy atom. The summed E-state index contributed by atoms with van der Waals surface area (Å²) in [7, 11) is 0. The Morgan fingerprint density at radius 3 is 1.48 bits per heavy atom. The number of hydrogen-bond donors (Lipinski definition) is 14. The fraction of sp³-hybridized carbons (Fsp3) is 0.393. The zero-order chi connectivity index (χ0) is 58.4. The van der Waals surface area contributed by atoms with Crippen molar-refractivity contribution in [3.05, 3.63) is 126 Å². The molecule has 6 rings (SSSR count). The van der Waals surface area contributed by atoms with Crippen LogP contribution in [-0.2, 0) is 68.8 Å². The van der Waals surface area contributed by atoms with Gasteiger partial charge >= 0.3 is 0 Å². The Kier molecular flexibility index (Phi) is 23.4. The summed E-state index contributed by atoms with van der Waals surface area (Å²) in [6.07, 6.45) is 9.38. The number of carbonyl (C=O) groups excluding carboxylic acids is 9. The smallest absolute Gasteiger partial charge is 0.243 e. The number of nitrogens with two attached hydrogens (primary N) is 3. The molecule has 0 aliphatic carbocycles. The summed E-state index contributed by atoms with van der Waals surface area (Å²) in [5, 5.41) is 23.2. The average Bonchev–Trinajstić information content (AvgIpc) is 4.29. The van der Waals surface area contributed by atoms with E-state index in [1.165, 1.54) is 38.1 Å². The lowest BCUT2D eigenvalue weighted by molar-refractivity contribution is -0.135. The SMILES string of the molecule is CSCC[C@H](NC(=O)CN)C(=O)N[C@@H](C)C(=O)N[C@@H](Cc1cnc[nH]1)C(=O)N[C@@H](Cc1c[nH]c2ccccc12)C(=O)N[C@H](C)C(=O)N[C@H](Cc1c[nH]c2ccccc12)C(=O)N[C@@H](Cc1ccccc1)C(=O)N[C@@H](CCCCN)C(N)=O. The minimum atomic E-state index is -1.38. The van der Waals surface area contributed by atoms with E-state index < -0.39 is 101 Å². The highest BCUT2D eigenvalue weighted by Crippen LogP contribution is 2.21. The van der Waals surface area contributed by atoms with Crippen LogP contribution < -0.4 is 59.7 Å². The number of amides is 9. The second-order valence-corrected chi connectivity index (χ2v) is 20.6. The van der Waals surface area contributed by atoms with Crippen LogP contribution in [0.2, 0.25) is 0 Å². The third-order valence-corrected chi connectivity index (χ3v) is 14.2. The molecule has 0 spiro atoms. The summed E-state index contributed by atoms with van der Waals surface area (Å²) >= 11 is 1.46. The monoisotopic (exact) mass is 1130 g/mol. The first-order chi connectivity index (χ1) is 39.0. The van der Waals surface area contributed by atoms with E-state index in [0.29, 0.717) is 47.5 Å². The predicted molar refractivity (Wildman–Crippen MR) is 307 cm³/mol. The fourth-order valence-electron chi connectivity index (χ4n) is 9.05. The fourth-order valence-corrected chi connectivity index (χ4v) is 9.52. The number of imidazole rings is 1. The number of carbonyl (C=O) groups is 9. The molecule has 6 aromatic rings. The number of H-pyrrole nitrogens is 3. The number of aromatic amines is 3. The summed E-state index contributed by atoms with van der Waals surface area (Å²) in [6, 6.07) is 13.7. The molecule has 17 N–H and O–H groups in total. The van der Waals surface area contributed by atoms with Crippen molar-refractivity contribution < 1.29 is 43.2 Å². The summed E-state index contributed by atoms with van der Waals surface area (Å²) in [5.41, 5.74) is 20.8. The zero-order valence-corrected chi connectivity index (χ0v) is 46.3. The molecule has 0 fully saturated rings. The highest BCUT2D eigenvalue weighted by atomic mass is 32.2. The van der Waals surface area contributed by atoms with E-state index >= 15 is 0 Å². The van der Waals surface area contributed by atoms with Gasteiger partial charge in [0.05, 0.1) is 12.9 Å². The molecular formula is C56H73N15O9S. The maximum absolute atomic E-state index is 14.7. The number of nitrogens with zero attached hydrogens (tertiary/aromatic N) is 1. The van der Waals surface area contributed by atoms with Crippen molar-refractivity contribution in [3.8, 4) is 0 Å². The van der Waals surface area contributed by atoms with E-state index in [4.69, 9.17) is 17.2 Å². The minimum absolute atomic E-state index is 0.00782. The second kappa shape index (κ2) is 30.7. The van der Waals surface area contributed by atoms with Crippen LogP contribution in [-0.4, -0.2) is 147 Å². The Bertz CT molecular complexity index is 3100. The summed E-state index contributed by atoms with van der Waals surface area (Å²) in [4.78, 5) is 137. The number of benzene rings is 3. The molecule has 3 aromatic heterocycles. The Balaban J connectivity index is 1.24. The molecule has 432 valence electrons. The van der Waals surface area contributed by atoms with E-state index in [0.717, 1.165) is 21.8 Å². The maximum atomic E-state index is 14.7. The van der Waals surface area contributed by atoms with Crippen molar-refractivity contribution in [1.82, 2.24) is 62.5 Å². The van der Waals surface area contributed by atoms with Crippen LogP contribution in [0.25, 0.3) is 21.8 Å². The maximum Gasteiger partial charge on any atom is 0.243 e. The standard InChI is InChI=1S/C56H73N15O9S/c1-32(64-52(76)43(20-22-81-3)66-48(72)27-58)51(75)69-47(26-37-30-60-31-63-37)56(80)71-45(24-35-28-61-40-17-9-7-15-38(35)40)53(77)65-33(2)50(74)68-46(25-36-29-62-41-18-10-8-16-39(36)41)55(79)70-44(23-34-13-5-4-6-14-34)54(78)67-42(49(59)73)19-11-12-21-57/h4-10,13-18,28-33,42-47,61-62H,11-12,19-27,57-58H2,1-3H3,(H2,59,73)(H,60,63)(H,64,76)(H,65,77)(H,66,72)(H,67,78)(H,68,74)(H,69,75)(H,70,79)(H,71,80)/t32-,33+,42-,43-,44-,45-,46+,47-/m0/s1. The third kappa shape index (κ3) is 18.2. The highest BCUT2D eigenvalue weighted by molar-refractivity contribution is 7.98. The normalized spacial score (nSPS) is 14.2. The van der Waals surface area contributed by atoms with Gasteiger partial charge in [0.15, 0.2) is 0 Å². The quantitative estimate of drug-likeness (QED) is 0.0246. The van der Waals surface area contributed by atoms with Gasteiger partial charge in [0, 0.05) is 71.8 Å². The summed E-state index contributed by atoms with van der Waals surface area (Å²) in [5.74, 6) is -6.02. The van der Waals surface area contributed by atoms with Gasteiger partial charge in [-0.25, -0.2) is 4.98 Å². The molecule has 81 heavy (non-hydrogen) atoms. The van der Waals surface area contributed by atoms with Gasteiger partial charge in [-0.3, -0.25) is 43.2 Å². The minimum Gasteiger partial charge on any atom is -0.368 e. The summed E-state index contributed by atoms with van der Waals surface area (Å²) in [6.45, 7) is 2.85. The lowest BCUT2D eigenvalue weighted by Gasteiger charge is -2.27. The molecule has 0 saturated carbocycles. The molecular weight excluding hydrogens is 1060 g/mol. The van der Waals surface area contributed by atoms with Crippen LogP contribution in [0.5, 0.6) is 0 Å². The van der Waals surface area contributed by atoms with Gasteiger partial charge in [-0.05, 0) is 86.9 Å². The highest BCUT2D eigenvalue weighted by Gasteiger charge is 2.34. The van der Waals surface area contributed by atoms with Gasteiger partial charge in [0.25, 0.3) is 0 Å². The van der Waals surface area contributed by atoms with Gasteiger partial charge < -0.3 is 74.7 Å². The van der Waals surface area contributed by atoms with E-state index in [2.05, 4.69) is 62.5 Å². The largest absolute Gasteiger partial charge is 0.368 e. The van der Waals surface area contributed by atoms with Crippen molar-refractivity contribution >= 4 is 86.7 Å². The molecule has 0 bridgehead atoms. The number of para-hydroxylation sites is 2. The average molecular weight is 1130 g/mol. The molecule has 0 unspecified atom stereocenters. The molecule has 8 atom stereocenters. The first kappa shape index (κ1) is 61.7. The van der Waals surface area contributed by atoms with Crippen LogP contribution in [0.3, 0.4) is 0 Å². The number of thioether (sulfide) groups is 1. The van der Waals surface area contributed by atoms with Crippen molar-refractivity contribution in [3.63, 3.8) is 0 Å². The molecule has 0 radical (unpaired) electrons. The third-order valence-electron chi connectivity index (χ3n) is 13.6. The number of unbranched alkanes of at least 4 members (excludes halogenated alkanes) is 1. The topological polar surface area (TPSA) is 388 Å². The van der Waals surface area contributed by atoms with Gasteiger partial charge in [0.1, 0.15) is 48.3 Å². The number of rotatable bonds is 32. The van der Waals surface area contributed by atoms with Gasteiger partial charge in [0.2, 0.25) is 53.2 Å². The van der Waals surface area contributed by atoms with Crippen molar-refractivity contribution in [1.29, 1.82) is 0 Å². The molecule has 0 aliphatic heterocycles. The van der Waals surface area contributed by atoms with E-state index in [1.807, 2.05) is 54.8 Å². The molecule has 3 heterocycles. The lowest BCUT2D eigenvalue weighted by Crippen LogP contribution is -2.60. The zero-order valence-electron chi connectivity index (χ0n) is 45.5. The number of primary amides is 1. The number of nitrogens with one attached hydrogen (secondary N) is 11. The predicted octanol–water partition coefficient (Wildman–Crippen LogP) is -0.113. The number of hydrogen-bond acceptors (Lipinski definition) is 13. The van der Waals surface area contributed by atoms with Crippen molar-refractivity contribution in [2.45, 2.75) is 114 Å². The van der Waals surface area contributed by atoms with Gasteiger partial charge in [-0.1, -0.05) is 66.7 Å². The first-order valence-electron chi connectivity index (χ1n) is 26.7. The Labute approximate surface area is 472 Å². The molecule has 24 nitrogen and oxygen atoms in total. The van der Waals surface area contributed by atoms with Gasteiger partial charge in [-0.2, -0.15) is 11.8 Å². The second-order valence-electron chi connectivity index (χ2n) is 19.7. The van der Waals surface area contributed by atoms with Crippen LogP contribution in [0.4, 0.5) is 0 Å². The van der Waals surface area contributed by atoms with Crippen LogP contribution in [0.1, 0.15) is 61.9 Å². The molecule has 3 aromatic carbocycles. The Morgan fingerprint density at radius 2 is 0.988 bits per heavy atom. The molecule has 0 saturated heterocycles. The number of fused-ring (bicyclic) bond motifs is 2. The van der Waals surface area contributed by atoms with Crippen molar-refractivity contribution in [2.24, 2.45) is 17.2 Å². The number of aromatic nitrogens is 4. The molecule has 25 heteroatoms. The van der Waals surface area contributed by atoms with Crippen LogP contribution >= 0.6 is 11.8 Å². The van der Waals surface area contributed by atoms with Crippen molar-refractivity contribution in [2.75, 3.05) is 25.1 Å². The lowest BCUT2D eigenvalue weighted by atomic mass is 10.0.